The summed E-state index contributed by atoms with van der Waals surface area (Å²) in [6, 6.07) is 1.67. The van der Waals surface area contributed by atoms with E-state index in [1.54, 1.807) is 30.4 Å². The Balaban J connectivity index is 2.37. The molecule has 118 valence electrons. The van der Waals surface area contributed by atoms with Gasteiger partial charge in [0.2, 0.25) is 5.78 Å². The van der Waals surface area contributed by atoms with E-state index in [1.165, 1.54) is 18.2 Å². The zero-order valence-electron chi connectivity index (χ0n) is 12.3. The van der Waals surface area contributed by atoms with Crippen LogP contribution in [0, 0.1) is 0 Å². The summed E-state index contributed by atoms with van der Waals surface area (Å²) in [5.74, 6) is 1.10. The first-order valence-corrected chi connectivity index (χ1v) is 8.46. The number of nitrogens with zero attached hydrogens (tertiary/aromatic N) is 3. The van der Waals surface area contributed by atoms with Crippen molar-refractivity contribution in [2.24, 2.45) is 5.50 Å². The molecule has 2 rings (SSSR count). The molecular weight excluding hydrogens is 307 g/mol. The van der Waals surface area contributed by atoms with E-state index in [1.807, 2.05) is 0 Å². The van der Waals surface area contributed by atoms with Gasteiger partial charge in [-0.05, 0) is 26.0 Å². The van der Waals surface area contributed by atoms with E-state index in [4.69, 9.17) is 14.8 Å². The van der Waals surface area contributed by atoms with Crippen LogP contribution in [0.5, 0.6) is 0 Å². The van der Waals surface area contributed by atoms with Crippen LogP contribution in [0.25, 0.3) is 11.9 Å². The van der Waals surface area contributed by atoms with Gasteiger partial charge in [-0.2, -0.15) is 0 Å². The number of carbonyl (C=O) groups is 1. The third-order valence-corrected chi connectivity index (χ3v) is 3.90. The van der Waals surface area contributed by atoms with E-state index in [2.05, 4.69) is 9.97 Å². The summed E-state index contributed by atoms with van der Waals surface area (Å²) in [6.45, 7) is 3.94. The van der Waals surface area contributed by atoms with E-state index in [9.17, 15) is 9.36 Å². The Morgan fingerprint density at radius 1 is 1.45 bits per heavy atom. The van der Waals surface area contributed by atoms with Crippen molar-refractivity contribution in [3.63, 3.8) is 0 Å². The Bertz CT molecular complexity index is 756. The summed E-state index contributed by atoms with van der Waals surface area (Å²) in [4.78, 5) is 19.8. The molecule has 9 heteroatoms. The van der Waals surface area contributed by atoms with Crippen LogP contribution in [0.3, 0.4) is 0 Å². The fraction of sp³-hybridized carbons (Fsp3) is 0.308. The molecule has 2 heterocycles. The van der Waals surface area contributed by atoms with Gasteiger partial charge >= 0.3 is 5.97 Å². The van der Waals surface area contributed by atoms with Crippen LogP contribution in [-0.4, -0.2) is 33.6 Å². The summed E-state index contributed by atoms with van der Waals surface area (Å²) in [6.07, 6.45) is 4.57. The van der Waals surface area contributed by atoms with E-state index in [0.29, 0.717) is 11.5 Å². The molecule has 0 amide bonds. The van der Waals surface area contributed by atoms with Crippen LogP contribution in [0.2, 0.25) is 0 Å². The minimum Gasteiger partial charge on any atom is -0.461 e. The third kappa shape index (κ3) is 3.79. The van der Waals surface area contributed by atoms with Crippen molar-refractivity contribution in [3.05, 3.63) is 35.7 Å². The number of rotatable bonds is 6. The van der Waals surface area contributed by atoms with Crippen molar-refractivity contribution >= 4 is 25.3 Å². The molecule has 0 saturated heterocycles. The highest BCUT2D eigenvalue weighted by Gasteiger charge is 2.14. The number of aromatic nitrogens is 3. The van der Waals surface area contributed by atoms with Crippen LogP contribution < -0.4 is 5.50 Å². The van der Waals surface area contributed by atoms with Crippen molar-refractivity contribution in [3.8, 4) is 0 Å². The molecule has 0 saturated carbocycles. The average molecular weight is 324 g/mol. The van der Waals surface area contributed by atoms with Gasteiger partial charge in [-0.3, -0.25) is 14.5 Å². The molecule has 1 unspecified atom stereocenters. The zero-order valence-corrected chi connectivity index (χ0v) is 13.2. The average Bonchev–Trinajstić information content (AvgIpc) is 2.90. The second-order valence-electron chi connectivity index (χ2n) is 4.27. The molecule has 0 fully saturated rings. The van der Waals surface area contributed by atoms with Gasteiger partial charge in [-0.25, -0.2) is 14.8 Å². The standard InChI is InChI=1S/C13H17N4O4P/c1-3-20-12(18)11-9-17-10(5-7-15-13(17)16-11)6-8-22(14,19)21-4-2/h5-9H,3-4H2,1-2H3,(H2,14,19)/b8-6+. The monoisotopic (exact) mass is 324 g/mol. The first-order chi connectivity index (χ1) is 10.5. The molecule has 0 aliphatic heterocycles. The molecular formula is C13H17N4O4P. The predicted octanol–water partition coefficient (Wildman–Crippen LogP) is 2.06. The lowest BCUT2D eigenvalue weighted by atomic mass is 10.4. The molecule has 22 heavy (non-hydrogen) atoms. The topological polar surface area (TPSA) is 109 Å². The van der Waals surface area contributed by atoms with Gasteiger partial charge in [-0.15, -0.1) is 0 Å². The summed E-state index contributed by atoms with van der Waals surface area (Å²) < 4.78 is 23.3. The number of esters is 1. The van der Waals surface area contributed by atoms with Crippen molar-refractivity contribution in [2.75, 3.05) is 13.2 Å². The molecule has 0 radical (unpaired) electrons. The third-order valence-electron chi connectivity index (χ3n) is 2.67. The smallest absolute Gasteiger partial charge is 0.358 e. The number of imidazole rings is 1. The van der Waals surface area contributed by atoms with Crippen molar-refractivity contribution in [1.82, 2.24) is 14.4 Å². The van der Waals surface area contributed by atoms with E-state index >= 15 is 0 Å². The predicted molar refractivity (Wildman–Crippen MR) is 81.4 cm³/mol. The van der Waals surface area contributed by atoms with E-state index < -0.39 is 13.5 Å². The summed E-state index contributed by atoms with van der Waals surface area (Å²) in [5, 5.41) is 0. The molecule has 0 aliphatic rings. The molecule has 0 bridgehead atoms. The van der Waals surface area contributed by atoms with Crippen LogP contribution in [0.1, 0.15) is 30.0 Å². The fourth-order valence-electron chi connectivity index (χ4n) is 1.78. The first-order valence-electron chi connectivity index (χ1n) is 6.70. The molecule has 0 aliphatic carbocycles. The van der Waals surface area contributed by atoms with E-state index in [-0.39, 0.29) is 18.9 Å². The summed E-state index contributed by atoms with van der Waals surface area (Å²) >= 11 is 0. The van der Waals surface area contributed by atoms with Gasteiger partial charge in [0.25, 0.3) is 7.52 Å². The maximum absolute atomic E-state index is 11.9. The highest BCUT2D eigenvalue weighted by Crippen LogP contribution is 2.39. The van der Waals surface area contributed by atoms with Gasteiger partial charge in [0, 0.05) is 18.2 Å². The normalized spacial score (nSPS) is 14.3. The van der Waals surface area contributed by atoms with Crippen molar-refractivity contribution < 1.29 is 18.6 Å². The molecule has 0 aromatic carbocycles. The Kier molecular flexibility index (Phi) is 5.07. The Hall–Kier alpha value is -2.02. The van der Waals surface area contributed by atoms with Gasteiger partial charge in [0.1, 0.15) is 0 Å². The van der Waals surface area contributed by atoms with E-state index in [0.717, 1.165) is 0 Å². The van der Waals surface area contributed by atoms with Crippen molar-refractivity contribution in [1.29, 1.82) is 0 Å². The lowest BCUT2D eigenvalue weighted by Gasteiger charge is -2.06. The number of fused-ring (bicyclic) bond motifs is 1. The highest BCUT2D eigenvalue weighted by atomic mass is 31.2. The lowest BCUT2D eigenvalue weighted by molar-refractivity contribution is 0.0520. The second-order valence-corrected chi connectivity index (χ2v) is 6.11. The Morgan fingerprint density at radius 2 is 2.23 bits per heavy atom. The number of nitrogens with two attached hydrogens (primary N) is 1. The van der Waals surface area contributed by atoms with Crippen LogP contribution in [0.4, 0.5) is 0 Å². The van der Waals surface area contributed by atoms with Gasteiger partial charge in [0.05, 0.1) is 18.9 Å². The number of hydrogen-bond donors (Lipinski definition) is 1. The SMILES string of the molecule is CCOC(=O)c1cn2c(/C=C/P(N)(=O)OCC)ccnc2n1. The molecule has 2 N–H and O–H groups in total. The molecule has 1 atom stereocenters. The highest BCUT2D eigenvalue weighted by molar-refractivity contribution is 7.59. The minimum absolute atomic E-state index is 0.149. The van der Waals surface area contributed by atoms with Gasteiger partial charge < -0.3 is 9.26 Å². The number of ether oxygens (including phenoxy) is 1. The Morgan fingerprint density at radius 3 is 2.91 bits per heavy atom. The maximum atomic E-state index is 11.9. The largest absolute Gasteiger partial charge is 0.461 e. The maximum Gasteiger partial charge on any atom is 0.358 e. The molecule has 8 nitrogen and oxygen atoms in total. The zero-order chi connectivity index (χ0) is 16.2. The summed E-state index contributed by atoms with van der Waals surface area (Å²) in [7, 11) is -3.29. The minimum atomic E-state index is -3.29. The van der Waals surface area contributed by atoms with Gasteiger partial charge in [-0.1, -0.05) is 0 Å². The van der Waals surface area contributed by atoms with Crippen molar-refractivity contribution in [2.45, 2.75) is 13.8 Å². The quantitative estimate of drug-likeness (QED) is 0.640. The molecule has 2 aromatic rings. The van der Waals surface area contributed by atoms with Crippen LogP contribution in [-0.2, 0) is 13.8 Å². The molecule has 0 spiro atoms. The van der Waals surface area contributed by atoms with Crippen LogP contribution >= 0.6 is 7.52 Å². The second kappa shape index (κ2) is 6.83. The lowest BCUT2D eigenvalue weighted by Crippen LogP contribution is -2.04. The van der Waals surface area contributed by atoms with Gasteiger partial charge in [0.15, 0.2) is 5.69 Å². The number of carbonyl (C=O) groups excluding carboxylic acids is 1. The fourth-order valence-corrected chi connectivity index (χ4v) is 2.63. The summed E-state index contributed by atoms with van der Waals surface area (Å²) in [5.41, 5.74) is 6.30. The van der Waals surface area contributed by atoms with Crippen LogP contribution in [0.15, 0.2) is 24.3 Å². The first kappa shape index (κ1) is 16.4. The molecule has 2 aromatic heterocycles. The number of hydrogen-bond acceptors (Lipinski definition) is 6. The Labute approximate surface area is 127 Å².